The van der Waals surface area contributed by atoms with E-state index in [-0.39, 0.29) is 12.1 Å². The minimum Gasteiger partial charge on any atom is -0.496 e. The second-order valence-electron chi connectivity index (χ2n) is 6.86. The molecule has 1 aliphatic heterocycles. The number of methoxy groups -OCH3 is 1. The summed E-state index contributed by atoms with van der Waals surface area (Å²) in [7, 11) is 1.68. The summed E-state index contributed by atoms with van der Waals surface area (Å²) in [6.07, 6.45) is 5.48. The van der Waals surface area contributed by atoms with E-state index in [1.54, 1.807) is 7.11 Å². The smallest absolute Gasteiger partial charge is 0.322 e. The van der Waals surface area contributed by atoms with Crippen molar-refractivity contribution in [2.45, 2.75) is 38.1 Å². The third kappa shape index (κ3) is 3.09. The monoisotopic (exact) mass is 336 g/mol. The molecule has 1 unspecified atom stereocenters. The van der Waals surface area contributed by atoms with E-state index in [1.807, 2.05) is 29.2 Å². The number of rotatable bonds is 3. The molecule has 0 bridgehead atoms. The average molecular weight is 336 g/mol. The maximum absolute atomic E-state index is 12.9. The van der Waals surface area contributed by atoms with Crippen LogP contribution in [0.15, 0.2) is 42.5 Å². The summed E-state index contributed by atoms with van der Waals surface area (Å²) in [5, 5.41) is 3.10. The van der Waals surface area contributed by atoms with Crippen molar-refractivity contribution in [3.05, 3.63) is 59.2 Å². The van der Waals surface area contributed by atoms with Gasteiger partial charge in [0.1, 0.15) is 5.75 Å². The van der Waals surface area contributed by atoms with Crippen molar-refractivity contribution in [1.82, 2.24) is 4.90 Å². The maximum atomic E-state index is 12.9. The van der Waals surface area contributed by atoms with Gasteiger partial charge in [-0.1, -0.05) is 24.3 Å². The number of carbonyl (C=O) groups is 1. The summed E-state index contributed by atoms with van der Waals surface area (Å²) < 4.78 is 5.50. The summed E-state index contributed by atoms with van der Waals surface area (Å²) in [5.74, 6) is 0.852. The summed E-state index contributed by atoms with van der Waals surface area (Å²) in [5.41, 5.74) is 4.79. The molecule has 2 aliphatic rings. The van der Waals surface area contributed by atoms with Crippen LogP contribution < -0.4 is 10.1 Å². The van der Waals surface area contributed by atoms with Crippen molar-refractivity contribution in [3.8, 4) is 5.75 Å². The van der Waals surface area contributed by atoms with Gasteiger partial charge in [0.15, 0.2) is 0 Å². The normalized spacial score (nSPS) is 18.9. The third-order valence-corrected chi connectivity index (χ3v) is 5.36. The molecule has 1 N–H and O–H groups in total. The van der Waals surface area contributed by atoms with E-state index in [1.165, 1.54) is 17.5 Å². The van der Waals surface area contributed by atoms with Crippen LogP contribution in [0.25, 0.3) is 0 Å². The van der Waals surface area contributed by atoms with Crippen LogP contribution in [-0.4, -0.2) is 24.6 Å². The lowest BCUT2D eigenvalue weighted by molar-refractivity contribution is 0.206. The van der Waals surface area contributed by atoms with Crippen LogP contribution in [0.4, 0.5) is 10.5 Å². The van der Waals surface area contributed by atoms with Crippen molar-refractivity contribution in [3.63, 3.8) is 0 Å². The Bertz CT molecular complexity index is 787. The minimum absolute atomic E-state index is 0.0219. The Balaban J connectivity index is 1.53. The fourth-order valence-electron chi connectivity index (χ4n) is 4.12. The molecule has 4 nitrogen and oxygen atoms in total. The summed E-state index contributed by atoms with van der Waals surface area (Å²) in [6, 6.07) is 14.4. The van der Waals surface area contributed by atoms with Crippen molar-refractivity contribution < 1.29 is 9.53 Å². The number of urea groups is 1. The summed E-state index contributed by atoms with van der Waals surface area (Å²) in [6.45, 7) is 0.777. The second kappa shape index (κ2) is 6.79. The summed E-state index contributed by atoms with van der Waals surface area (Å²) >= 11 is 0. The molecule has 1 saturated heterocycles. The largest absolute Gasteiger partial charge is 0.496 e. The second-order valence-corrected chi connectivity index (χ2v) is 6.86. The number of hydrogen-bond donors (Lipinski definition) is 1. The first-order valence-corrected chi connectivity index (χ1v) is 9.08. The van der Waals surface area contributed by atoms with E-state index in [0.717, 1.165) is 49.2 Å². The predicted octanol–water partition coefficient (Wildman–Crippen LogP) is 4.55. The Kier molecular flexibility index (Phi) is 4.35. The number of para-hydroxylation sites is 1. The highest BCUT2D eigenvalue weighted by atomic mass is 16.5. The van der Waals surface area contributed by atoms with Gasteiger partial charge >= 0.3 is 6.03 Å². The number of aryl methyl sites for hydroxylation is 2. The first-order valence-electron chi connectivity index (χ1n) is 9.08. The van der Waals surface area contributed by atoms with E-state index in [4.69, 9.17) is 4.74 Å². The molecule has 1 fully saturated rings. The van der Waals surface area contributed by atoms with Crippen LogP contribution in [0.1, 0.15) is 42.0 Å². The molecule has 1 atom stereocenters. The average Bonchev–Trinajstić information content (AvgIpc) is 3.30. The molecule has 1 aliphatic carbocycles. The fourth-order valence-corrected chi connectivity index (χ4v) is 4.12. The molecule has 4 heteroatoms. The first-order chi connectivity index (χ1) is 12.3. The van der Waals surface area contributed by atoms with Crippen molar-refractivity contribution in [2.24, 2.45) is 0 Å². The molecule has 0 aromatic heterocycles. The molecular weight excluding hydrogens is 312 g/mol. The molecule has 130 valence electrons. The zero-order valence-corrected chi connectivity index (χ0v) is 14.6. The van der Waals surface area contributed by atoms with Gasteiger partial charge in [-0.05, 0) is 61.4 Å². The van der Waals surface area contributed by atoms with E-state index >= 15 is 0 Å². The molecule has 0 spiro atoms. The molecule has 0 saturated carbocycles. The number of ether oxygens (including phenoxy) is 1. The lowest BCUT2D eigenvalue weighted by Gasteiger charge is -2.26. The number of fused-ring (bicyclic) bond motifs is 1. The molecule has 0 radical (unpaired) electrons. The molecular formula is C21H24N2O2. The van der Waals surface area contributed by atoms with Gasteiger partial charge in [0, 0.05) is 17.8 Å². The number of hydrogen-bond acceptors (Lipinski definition) is 2. The highest BCUT2D eigenvalue weighted by Gasteiger charge is 2.31. The van der Waals surface area contributed by atoms with Gasteiger partial charge in [-0.25, -0.2) is 4.79 Å². The zero-order valence-electron chi connectivity index (χ0n) is 14.6. The topological polar surface area (TPSA) is 41.6 Å². The van der Waals surface area contributed by atoms with Gasteiger partial charge in [-0.2, -0.15) is 0 Å². The highest BCUT2D eigenvalue weighted by Crippen LogP contribution is 2.37. The van der Waals surface area contributed by atoms with Gasteiger partial charge in [-0.3, -0.25) is 0 Å². The van der Waals surface area contributed by atoms with Gasteiger partial charge < -0.3 is 15.0 Å². The number of anilines is 1. The molecule has 25 heavy (non-hydrogen) atoms. The molecule has 2 aromatic rings. The lowest BCUT2D eigenvalue weighted by atomic mass is 10.0. The van der Waals surface area contributed by atoms with Crippen LogP contribution >= 0.6 is 0 Å². The lowest BCUT2D eigenvalue weighted by Crippen LogP contribution is -2.34. The van der Waals surface area contributed by atoms with Crippen molar-refractivity contribution in [1.29, 1.82) is 0 Å². The van der Waals surface area contributed by atoms with E-state index in [0.29, 0.717) is 0 Å². The van der Waals surface area contributed by atoms with E-state index in [2.05, 4.69) is 23.5 Å². The van der Waals surface area contributed by atoms with Gasteiger partial charge in [0.05, 0.1) is 13.2 Å². The van der Waals surface area contributed by atoms with E-state index in [9.17, 15) is 4.79 Å². The Labute approximate surface area is 148 Å². The fraction of sp³-hybridized carbons (Fsp3) is 0.381. The number of benzene rings is 2. The quantitative estimate of drug-likeness (QED) is 0.893. The van der Waals surface area contributed by atoms with E-state index < -0.39 is 0 Å². The number of nitrogens with one attached hydrogen (secondary N) is 1. The zero-order chi connectivity index (χ0) is 17.2. The number of likely N-dealkylation sites (tertiary alicyclic amines) is 1. The van der Waals surface area contributed by atoms with Crippen LogP contribution in [-0.2, 0) is 12.8 Å². The Morgan fingerprint density at radius 2 is 1.96 bits per heavy atom. The van der Waals surface area contributed by atoms with Gasteiger partial charge in [-0.15, -0.1) is 0 Å². The molecule has 2 aromatic carbocycles. The van der Waals surface area contributed by atoms with Gasteiger partial charge in [0.25, 0.3) is 0 Å². The molecule has 1 heterocycles. The van der Waals surface area contributed by atoms with Crippen LogP contribution in [0.3, 0.4) is 0 Å². The third-order valence-electron chi connectivity index (χ3n) is 5.36. The van der Waals surface area contributed by atoms with Crippen LogP contribution in [0, 0.1) is 0 Å². The SMILES string of the molecule is COc1ccccc1C1CCCN1C(=O)Nc1ccc2c(c1)CCC2. The molecule has 2 amide bonds. The van der Waals surface area contributed by atoms with Crippen LogP contribution in [0.5, 0.6) is 5.75 Å². The Morgan fingerprint density at radius 3 is 2.84 bits per heavy atom. The number of nitrogens with zero attached hydrogens (tertiary/aromatic N) is 1. The highest BCUT2D eigenvalue weighted by molar-refractivity contribution is 5.90. The van der Waals surface area contributed by atoms with Gasteiger partial charge in [0.2, 0.25) is 0 Å². The standard InChI is InChI=1S/C21H24N2O2/c1-25-20-10-3-2-8-18(20)19-9-5-13-23(19)21(24)22-17-12-11-15-6-4-7-16(15)14-17/h2-3,8,10-12,14,19H,4-7,9,13H2,1H3,(H,22,24). The van der Waals surface area contributed by atoms with Crippen molar-refractivity contribution in [2.75, 3.05) is 19.0 Å². The maximum Gasteiger partial charge on any atom is 0.322 e. The Hall–Kier alpha value is -2.49. The number of amides is 2. The number of carbonyl (C=O) groups excluding carboxylic acids is 1. The Morgan fingerprint density at radius 1 is 1.12 bits per heavy atom. The van der Waals surface area contributed by atoms with Crippen LogP contribution in [0.2, 0.25) is 0 Å². The predicted molar refractivity (Wildman–Crippen MR) is 99.2 cm³/mol. The first kappa shape index (κ1) is 16.0. The molecule has 4 rings (SSSR count). The minimum atomic E-state index is -0.0219. The summed E-state index contributed by atoms with van der Waals surface area (Å²) in [4.78, 5) is 14.8. The van der Waals surface area contributed by atoms with Crippen molar-refractivity contribution >= 4 is 11.7 Å².